The van der Waals surface area contributed by atoms with Gasteiger partial charge in [-0.3, -0.25) is 9.67 Å². The van der Waals surface area contributed by atoms with Gasteiger partial charge in [0.2, 0.25) is 0 Å². The van der Waals surface area contributed by atoms with E-state index in [2.05, 4.69) is 21.4 Å². The fraction of sp³-hybridized carbons (Fsp3) is 0.100. The Morgan fingerprint density at radius 3 is 2.64 bits per heavy atom. The average molecular weight is 372 g/mol. The number of H-pyrrole nitrogens is 1. The van der Waals surface area contributed by atoms with Gasteiger partial charge in [0.05, 0.1) is 30.1 Å². The summed E-state index contributed by atoms with van der Waals surface area (Å²) in [4.78, 5) is 12.9. The molecule has 4 aromatic rings. The molecule has 0 spiro atoms. The molecule has 0 saturated carbocycles. The molecule has 8 nitrogen and oxygen atoms in total. The standard InChI is InChI=1S/C20H16N6O2/c21-9-14-2-1-3-15(8-14)12-25-19(13-27)24-26(20(25)28)18-6-4-16(5-7-18)17-10-22-23-11-17/h1-8,10-11,27H,12-13H2,(H,22,23). The predicted octanol–water partition coefficient (Wildman–Crippen LogP) is 1.84. The van der Waals surface area contributed by atoms with Gasteiger partial charge in [0.1, 0.15) is 6.61 Å². The number of nitriles is 1. The molecular formula is C20H16N6O2. The van der Waals surface area contributed by atoms with Crippen LogP contribution in [0, 0.1) is 11.3 Å². The van der Waals surface area contributed by atoms with Crippen molar-refractivity contribution in [1.82, 2.24) is 24.5 Å². The summed E-state index contributed by atoms with van der Waals surface area (Å²) >= 11 is 0. The van der Waals surface area contributed by atoms with Crippen LogP contribution >= 0.6 is 0 Å². The second-order valence-electron chi connectivity index (χ2n) is 6.20. The third-order valence-corrected chi connectivity index (χ3v) is 4.42. The Hall–Kier alpha value is -3.96. The highest BCUT2D eigenvalue weighted by molar-refractivity contribution is 5.62. The quantitative estimate of drug-likeness (QED) is 0.555. The zero-order valence-electron chi connectivity index (χ0n) is 14.8. The van der Waals surface area contributed by atoms with Crippen LogP contribution < -0.4 is 5.69 Å². The molecule has 8 heteroatoms. The van der Waals surface area contributed by atoms with E-state index in [4.69, 9.17) is 5.26 Å². The third kappa shape index (κ3) is 3.22. The lowest BCUT2D eigenvalue weighted by Gasteiger charge is -2.04. The Morgan fingerprint density at radius 1 is 1.14 bits per heavy atom. The second kappa shape index (κ2) is 7.34. The Morgan fingerprint density at radius 2 is 1.96 bits per heavy atom. The molecular weight excluding hydrogens is 356 g/mol. The number of aliphatic hydroxyl groups excluding tert-OH is 1. The maximum atomic E-state index is 12.9. The molecule has 0 fully saturated rings. The molecule has 0 aliphatic heterocycles. The zero-order chi connectivity index (χ0) is 19.5. The lowest BCUT2D eigenvalue weighted by Crippen LogP contribution is -2.25. The number of aliphatic hydroxyl groups is 1. The Bertz CT molecular complexity index is 1200. The van der Waals surface area contributed by atoms with Crippen molar-refractivity contribution in [2.24, 2.45) is 0 Å². The van der Waals surface area contributed by atoms with Crippen LogP contribution in [0.5, 0.6) is 0 Å². The topological polar surface area (TPSA) is 113 Å². The van der Waals surface area contributed by atoms with E-state index in [-0.39, 0.29) is 24.7 Å². The minimum atomic E-state index is -0.368. The fourth-order valence-corrected chi connectivity index (χ4v) is 3.01. The van der Waals surface area contributed by atoms with Gasteiger partial charge in [-0.25, -0.2) is 4.79 Å². The second-order valence-corrected chi connectivity index (χ2v) is 6.20. The van der Waals surface area contributed by atoms with Crippen molar-refractivity contribution >= 4 is 0 Å². The lowest BCUT2D eigenvalue weighted by molar-refractivity contribution is 0.265. The van der Waals surface area contributed by atoms with Gasteiger partial charge >= 0.3 is 5.69 Å². The summed E-state index contributed by atoms with van der Waals surface area (Å²) in [5.74, 6) is 0.256. The number of aromatic nitrogens is 5. The van der Waals surface area contributed by atoms with Gasteiger partial charge in [0.25, 0.3) is 0 Å². The summed E-state index contributed by atoms with van der Waals surface area (Å²) in [5, 5.41) is 29.7. The molecule has 0 radical (unpaired) electrons. The Labute approximate surface area is 159 Å². The number of hydrogen-bond donors (Lipinski definition) is 2. The van der Waals surface area contributed by atoms with Gasteiger partial charge < -0.3 is 5.11 Å². The summed E-state index contributed by atoms with van der Waals surface area (Å²) in [6.45, 7) is -0.148. The first-order chi connectivity index (χ1) is 13.7. The van der Waals surface area contributed by atoms with Crippen LogP contribution in [-0.4, -0.2) is 29.7 Å². The summed E-state index contributed by atoms with van der Waals surface area (Å²) in [6, 6.07) is 16.4. The van der Waals surface area contributed by atoms with Gasteiger partial charge in [-0.15, -0.1) is 5.10 Å². The SMILES string of the molecule is N#Cc1cccc(Cn2c(CO)nn(-c3ccc(-c4cn[nH]c4)cc3)c2=O)c1. The smallest absolute Gasteiger partial charge is 0.351 e. The van der Waals surface area contributed by atoms with Crippen molar-refractivity contribution in [3.63, 3.8) is 0 Å². The molecule has 0 unspecified atom stereocenters. The van der Waals surface area contributed by atoms with Gasteiger partial charge in [0, 0.05) is 11.8 Å². The van der Waals surface area contributed by atoms with Crippen molar-refractivity contribution in [2.75, 3.05) is 0 Å². The molecule has 28 heavy (non-hydrogen) atoms. The fourth-order valence-electron chi connectivity index (χ4n) is 3.01. The summed E-state index contributed by atoms with van der Waals surface area (Å²) in [7, 11) is 0. The van der Waals surface area contributed by atoms with Crippen molar-refractivity contribution in [2.45, 2.75) is 13.2 Å². The normalized spacial score (nSPS) is 10.7. The molecule has 2 aromatic carbocycles. The highest BCUT2D eigenvalue weighted by Crippen LogP contribution is 2.19. The van der Waals surface area contributed by atoms with E-state index in [0.717, 1.165) is 16.7 Å². The lowest BCUT2D eigenvalue weighted by atomic mass is 10.1. The maximum Gasteiger partial charge on any atom is 0.351 e. The van der Waals surface area contributed by atoms with E-state index in [1.165, 1.54) is 9.25 Å². The molecule has 138 valence electrons. The van der Waals surface area contributed by atoms with E-state index >= 15 is 0 Å². The largest absolute Gasteiger partial charge is 0.388 e. The molecule has 2 N–H and O–H groups in total. The Kier molecular flexibility index (Phi) is 4.58. The molecule has 0 aliphatic rings. The van der Waals surface area contributed by atoms with E-state index in [0.29, 0.717) is 11.3 Å². The van der Waals surface area contributed by atoms with E-state index in [9.17, 15) is 9.90 Å². The predicted molar refractivity (Wildman–Crippen MR) is 102 cm³/mol. The van der Waals surface area contributed by atoms with Crippen LogP contribution in [-0.2, 0) is 13.2 Å². The monoisotopic (exact) mass is 372 g/mol. The van der Waals surface area contributed by atoms with Crippen LogP contribution in [0.15, 0.2) is 65.7 Å². The molecule has 2 aromatic heterocycles. The molecule has 0 bridgehead atoms. The average Bonchev–Trinajstić information content (AvgIpc) is 3.38. The first-order valence-corrected chi connectivity index (χ1v) is 8.58. The molecule has 2 heterocycles. The van der Waals surface area contributed by atoms with Crippen molar-refractivity contribution in [3.8, 4) is 22.9 Å². The number of rotatable bonds is 5. The van der Waals surface area contributed by atoms with E-state index in [1.807, 2.05) is 18.2 Å². The highest BCUT2D eigenvalue weighted by atomic mass is 16.3. The zero-order valence-corrected chi connectivity index (χ0v) is 14.8. The summed E-state index contributed by atoms with van der Waals surface area (Å²) in [5.41, 5.74) is 3.43. The number of nitrogens with one attached hydrogen (secondary N) is 1. The minimum absolute atomic E-state index is 0.220. The van der Waals surface area contributed by atoms with Gasteiger partial charge in [-0.2, -0.15) is 15.0 Å². The van der Waals surface area contributed by atoms with Crippen molar-refractivity contribution < 1.29 is 5.11 Å². The molecule has 0 atom stereocenters. The third-order valence-electron chi connectivity index (χ3n) is 4.42. The van der Waals surface area contributed by atoms with E-state index < -0.39 is 0 Å². The summed E-state index contributed by atoms with van der Waals surface area (Å²) in [6.07, 6.45) is 3.50. The number of benzene rings is 2. The van der Waals surface area contributed by atoms with Crippen LogP contribution in [0.2, 0.25) is 0 Å². The molecule has 0 saturated heterocycles. The first kappa shape index (κ1) is 17.5. The van der Waals surface area contributed by atoms with Gasteiger partial charge in [0.15, 0.2) is 5.82 Å². The van der Waals surface area contributed by atoms with Crippen LogP contribution in [0.4, 0.5) is 0 Å². The van der Waals surface area contributed by atoms with Gasteiger partial charge in [-0.1, -0.05) is 24.3 Å². The van der Waals surface area contributed by atoms with Gasteiger partial charge in [-0.05, 0) is 35.4 Å². The summed E-state index contributed by atoms with van der Waals surface area (Å²) < 4.78 is 2.67. The van der Waals surface area contributed by atoms with Crippen molar-refractivity contribution in [1.29, 1.82) is 5.26 Å². The Balaban J connectivity index is 1.69. The highest BCUT2D eigenvalue weighted by Gasteiger charge is 2.15. The molecule has 0 amide bonds. The number of nitrogens with zero attached hydrogens (tertiary/aromatic N) is 5. The van der Waals surface area contributed by atoms with Crippen LogP contribution in [0.1, 0.15) is 17.0 Å². The van der Waals surface area contributed by atoms with Crippen LogP contribution in [0.3, 0.4) is 0 Å². The molecule has 4 rings (SSSR count). The van der Waals surface area contributed by atoms with Crippen molar-refractivity contribution in [3.05, 3.63) is 88.4 Å². The maximum absolute atomic E-state index is 12.9. The minimum Gasteiger partial charge on any atom is -0.388 e. The number of hydrogen-bond acceptors (Lipinski definition) is 5. The molecule has 0 aliphatic carbocycles. The van der Waals surface area contributed by atoms with E-state index in [1.54, 1.807) is 42.7 Å². The first-order valence-electron chi connectivity index (χ1n) is 8.58. The van der Waals surface area contributed by atoms with Crippen LogP contribution in [0.25, 0.3) is 16.8 Å². The number of aromatic amines is 1.